The number of hydrogen-bond acceptors (Lipinski definition) is 4. The van der Waals surface area contributed by atoms with E-state index in [2.05, 4.69) is 11.7 Å². The van der Waals surface area contributed by atoms with Crippen LogP contribution in [0.1, 0.15) is 20.8 Å². The van der Waals surface area contributed by atoms with E-state index < -0.39 is 21.5 Å². The number of hydrogen-bond donors (Lipinski definition) is 1. The molecule has 0 aromatic carbocycles. The molecule has 8 heteroatoms. The van der Waals surface area contributed by atoms with Gasteiger partial charge in [-0.3, -0.25) is 9.48 Å². The third kappa shape index (κ3) is 3.67. The van der Waals surface area contributed by atoms with Crippen LogP contribution in [-0.2, 0) is 21.4 Å². The lowest BCUT2D eigenvalue weighted by atomic mass is 10.1. The van der Waals surface area contributed by atoms with E-state index in [4.69, 9.17) is 5.11 Å². The van der Waals surface area contributed by atoms with Crippen molar-refractivity contribution >= 4 is 16.0 Å². The van der Waals surface area contributed by atoms with Crippen LogP contribution in [0.2, 0.25) is 0 Å². The van der Waals surface area contributed by atoms with Crippen molar-refractivity contribution in [2.45, 2.75) is 37.8 Å². The standard InChI is InChI=1S/C12H19N3O4S/c1-5-6-15(12(2,3)4)20(18,19)10-7-13-14(8-10)9-11(16)17/h5,7-8H,1,6,9H2,2-4H3,(H,16,17). The molecule has 0 aliphatic rings. The topological polar surface area (TPSA) is 92.5 Å². The first-order valence-corrected chi connectivity index (χ1v) is 7.41. The van der Waals surface area contributed by atoms with Gasteiger partial charge < -0.3 is 5.11 Å². The van der Waals surface area contributed by atoms with Gasteiger partial charge >= 0.3 is 5.97 Å². The van der Waals surface area contributed by atoms with E-state index in [9.17, 15) is 13.2 Å². The number of nitrogens with zero attached hydrogens (tertiary/aromatic N) is 3. The summed E-state index contributed by atoms with van der Waals surface area (Å²) in [6, 6.07) is 0. The maximum atomic E-state index is 12.5. The molecule has 1 N–H and O–H groups in total. The smallest absolute Gasteiger partial charge is 0.325 e. The molecular formula is C12H19N3O4S. The second kappa shape index (κ2) is 5.76. The summed E-state index contributed by atoms with van der Waals surface area (Å²) in [5, 5.41) is 12.4. The number of aromatic nitrogens is 2. The number of carboxylic acid groups (broad SMARTS) is 1. The molecule has 0 unspecified atom stereocenters. The summed E-state index contributed by atoms with van der Waals surface area (Å²) in [4.78, 5) is 10.6. The highest BCUT2D eigenvalue weighted by atomic mass is 32.2. The van der Waals surface area contributed by atoms with E-state index in [1.54, 1.807) is 20.8 Å². The zero-order valence-corrected chi connectivity index (χ0v) is 12.6. The van der Waals surface area contributed by atoms with Gasteiger partial charge in [0, 0.05) is 18.3 Å². The minimum absolute atomic E-state index is 0.0319. The van der Waals surface area contributed by atoms with Crippen LogP contribution < -0.4 is 0 Å². The summed E-state index contributed by atoms with van der Waals surface area (Å²) in [6.45, 7) is 8.66. The lowest BCUT2D eigenvalue weighted by Gasteiger charge is -2.33. The van der Waals surface area contributed by atoms with Gasteiger partial charge in [0.15, 0.2) is 0 Å². The Morgan fingerprint density at radius 2 is 2.15 bits per heavy atom. The highest BCUT2D eigenvalue weighted by Crippen LogP contribution is 2.23. The molecule has 0 spiro atoms. The molecule has 20 heavy (non-hydrogen) atoms. The lowest BCUT2D eigenvalue weighted by Crippen LogP contribution is -2.45. The van der Waals surface area contributed by atoms with Gasteiger partial charge in [-0.1, -0.05) is 6.08 Å². The molecule has 112 valence electrons. The van der Waals surface area contributed by atoms with E-state index in [1.165, 1.54) is 16.6 Å². The van der Waals surface area contributed by atoms with Crippen molar-refractivity contribution in [3.8, 4) is 0 Å². The second-order valence-corrected chi connectivity index (χ2v) is 7.13. The highest BCUT2D eigenvalue weighted by molar-refractivity contribution is 7.89. The van der Waals surface area contributed by atoms with Crippen LogP contribution in [-0.4, -0.2) is 45.7 Å². The Morgan fingerprint density at radius 3 is 2.60 bits per heavy atom. The van der Waals surface area contributed by atoms with E-state index in [0.717, 1.165) is 10.9 Å². The third-order valence-corrected chi connectivity index (χ3v) is 4.62. The Kier molecular flexibility index (Phi) is 4.72. The highest BCUT2D eigenvalue weighted by Gasteiger charge is 2.33. The fourth-order valence-corrected chi connectivity index (χ4v) is 3.39. The summed E-state index contributed by atoms with van der Waals surface area (Å²) in [6.07, 6.45) is 3.87. The van der Waals surface area contributed by atoms with Crippen LogP contribution in [0.3, 0.4) is 0 Å². The van der Waals surface area contributed by atoms with Gasteiger partial charge in [0.2, 0.25) is 10.0 Å². The molecule has 1 heterocycles. The third-order valence-electron chi connectivity index (χ3n) is 2.54. The average Bonchev–Trinajstić information content (AvgIpc) is 2.72. The fraction of sp³-hybridized carbons (Fsp3) is 0.500. The van der Waals surface area contributed by atoms with Crippen LogP contribution in [0, 0.1) is 0 Å². The molecule has 0 radical (unpaired) electrons. The van der Waals surface area contributed by atoms with Crippen molar-refractivity contribution in [1.82, 2.24) is 14.1 Å². The van der Waals surface area contributed by atoms with E-state index in [-0.39, 0.29) is 18.0 Å². The Hall–Kier alpha value is -1.67. The Morgan fingerprint density at radius 1 is 1.55 bits per heavy atom. The molecule has 1 aromatic heterocycles. The van der Waals surface area contributed by atoms with Crippen LogP contribution in [0.5, 0.6) is 0 Å². The number of carboxylic acids is 1. The molecule has 1 rings (SSSR count). The molecule has 0 bridgehead atoms. The van der Waals surface area contributed by atoms with Gasteiger partial charge in [-0.05, 0) is 20.8 Å². The maximum Gasteiger partial charge on any atom is 0.325 e. The molecule has 0 atom stereocenters. The van der Waals surface area contributed by atoms with E-state index >= 15 is 0 Å². The molecule has 0 fully saturated rings. The minimum Gasteiger partial charge on any atom is -0.480 e. The Bertz CT molecular complexity index is 598. The number of sulfonamides is 1. The summed E-state index contributed by atoms with van der Waals surface area (Å²) in [7, 11) is -3.75. The predicted molar refractivity (Wildman–Crippen MR) is 73.7 cm³/mol. The number of aliphatic carboxylic acids is 1. The van der Waals surface area contributed by atoms with Gasteiger partial charge in [-0.25, -0.2) is 8.42 Å². The zero-order valence-electron chi connectivity index (χ0n) is 11.8. The SMILES string of the molecule is C=CCN(C(C)(C)C)S(=O)(=O)c1cnn(CC(=O)O)c1. The van der Waals surface area contributed by atoms with Crippen LogP contribution in [0.25, 0.3) is 0 Å². The quantitative estimate of drug-likeness (QED) is 0.789. The lowest BCUT2D eigenvalue weighted by molar-refractivity contribution is -0.137. The molecular weight excluding hydrogens is 282 g/mol. The molecule has 0 aliphatic heterocycles. The first kappa shape index (κ1) is 16.4. The maximum absolute atomic E-state index is 12.5. The average molecular weight is 301 g/mol. The van der Waals surface area contributed by atoms with Crippen LogP contribution >= 0.6 is 0 Å². The van der Waals surface area contributed by atoms with Crippen molar-refractivity contribution in [2.75, 3.05) is 6.54 Å². The van der Waals surface area contributed by atoms with Gasteiger partial charge in [-0.15, -0.1) is 6.58 Å². The molecule has 7 nitrogen and oxygen atoms in total. The second-order valence-electron chi connectivity index (χ2n) is 5.26. The predicted octanol–water partition coefficient (Wildman–Crippen LogP) is 0.943. The molecule has 0 saturated heterocycles. The van der Waals surface area contributed by atoms with Crippen LogP contribution in [0.15, 0.2) is 29.9 Å². The fourth-order valence-electron chi connectivity index (χ4n) is 1.68. The van der Waals surface area contributed by atoms with Crippen molar-refractivity contribution in [1.29, 1.82) is 0 Å². The zero-order chi connectivity index (χ0) is 15.6. The largest absolute Gasteiger partial charge is 0.480 e. The number of rotatable bonds is 6. The van der Waals surface area contributed by atoms with Crippen molar-refractivity contribution in [3.63, 3.8) is 0 Å². The molecule has 0 saturated carbocycles. The summed E-state index contributed by atoms with van der Waals surface area (Å²) in [5.41, 5.74) is -0.623. The normalized spacial score (nSPS) is 12.6. The minimum atomic E-state index is -3.75. The van der Waals surface area contributed by atoms with Gasteiger partial charge in [-0.2, -0.15) is 9.40 Å². The van der Waals surface area contributed by atoms with Gasteiger partial charge in [0.25, 0.3) is 0 Å². The first-order chi connectivity index (χ1) is 9.09. The van der Waals surface area contributed by atoms with Crippen molar-refractivity contribution in [3.05, 3.63) is 25.0 Å². The molecule has 1 aromatic rings. The monoisotopic (exact) mass is 301 g/mol. The first-order valence-electron chi connectivity index (χ1n) is 5.97. The summed E-state index contributed by atoms with van der Waals surface area (Å²) in [5.74, 6) is -1.09. The Labute approximate surface area is 118 Å². The Balaban J connectivity index is 3.17. The van der Waals surface area contributed by atoms with E-state index in [0.29, 0.717) is 0 Å². The van der Waals surface area contributed by atoms with Gasteiger partial charge in [0.05, 0.1) is 6.20 Å². The van der Waals surface area contributed by atoms with Crippen LogP contribution in [0.4, 0.5) is 0 Å². The van der Waals surface area contributed by atoms with E-state index in [1.807, 2.05) is 0 Å². The molecule has 0 aliphatic carbocycles. The summed E-state index contributed by atoms with van der Waals surface area (Å²) >= 11 is 0. The van der Waals surface area contributed by atoms with Crippen molar-refractivity contribution < 1.29 is 18.3 Å². The molecule has 0 amide bonds. The van der Waals surface area contributed by atoms with Crippen molar-refractivity contribution in [2.24, 2.45) is 0 Å². The number of carbonyl (C=O) groups is 1. The summed E-state index contributed by atoms with van der Waals surface area (Å²) < 4.78 is 27.5. The van der Waals surface area contributed by atoms with Gasteiger partial charge in [0.1, 0.15) is 11.4 Å².